The molecule has 11 heteroatoms. The molecule has 6 aromatic rings. The van der Waals surface area contributed by atoms with Crippen molar-refractivity contribution in [1.82, 2.24) is 34.4 Å². The topological polar surface area (TPSA) is 102 Å². The third-order valence-electron chi connectivity index (χ3n) is 7.69. The van der Waals surface area contributed by atoms with Crippen molar-refractivity contribution in [2.45, 2.75) is 25.8 Å². The fraction of sp³-hybridized carbons (Fsp3) is 0.226. The molecule has 6 heterocycles. The second kappa shape index (κ2) is 11.2. The molecule has 7 rings (SSSR count). The predicted molar refractivity (Wildman–Crippen MR) is 169 cm³/mol. The first-order valence-electron chi connectivity index (χ1n) is 13.7. The Balaban J connectivity index is 1.25. The van der Waals surface area contributed by atoms with E-state index in [1.165, 1.54) is 34.7 Å². The van der Waals surface area contributed by atoms with Crippen molar-refractivity contribution in [2.24, 2.45) is 0 Å². The summed E-state index contributed by atoms with van der Waals surface area (Å²) in [6.07, 6.45) is 6.50. The summed E-state index contributed by atoms with van der Waals surface area (Å²) in [5, 5.41) is 6.83. The minimum atomic E-state index is -0.149. The van der Waals surface area contributed by atoms with Crippen molar-refractivity contribution in [2.75, 3.05) is 25.5 Å². The molecule has 0 spiro atoms. The standard InChI is InChI=1S/C31H28N8OS2/c1-19-24(7-8-26(35-19)27-15-32-18-42-27)25-13-22-14-34-31(37-29(22)39(30(25)40)17-28-33-10-12-41-28)36-23-5-3-20(4-6-23)21-9-11-38(2)16-21/h3-8,10,12-15,18,21H,9,11,16-17H2,1-2H3,(H,34,36,37). The van der Waals surface area contributed by atoms with Crippen LogP contribution in [-0.2, 0) is 6.54 Å². The summed E-state index contributed by atoms with van der Waals surface area (Å²) in [6.45, 7) is 4.46. The molecule has 0 aliphatic carbocycles. The number of hydrogen-bond acceptors (Lipinski definition) is 10. The molecule has 1 aromatic carbocycles. The van der Waals surface area contributed by atoms with Crippen molar-refractivity contribution in [3.05, 3.63) is 98.6 Å². The number of fused-ring (bicyclic) bond motifs is 1. The highest BCUT2D eigenvalue weighted by molar-refractivity contribution is 7.13. The molecular weight excluding hydrogens is 565 g/mol. The number of aromatic nitrogens is 6. The maximum atomic E-state index is 14.1. The van der Waals surface area contributed by atoms with E-state index in [4.69, 9.17) is 9.97 Å². The molecule has 1 aliphatic heterocycles. The van der Waals surface area contributed by atoms with E-state index in [-0.39, 0.29) is 5.56 Å². The molecule has 42 heavy (non-hydrogen) atoms. The highest BCUT2D eigenvalue weighted by Gasteiger charge is 2.21. The molecule has 0 radical (unpaired) electrons. The lowest BCUT2D eigenvalue weighted by atomic mass is 9.98. The van der Waals surface area contributed by atoms with Crippen LogP contribution < -0.4 is 10.9 Å². The number of aryl methyl sites for hydroxylation is 1. The summed E-state index contributed by atoms with van der Waals surface area (Å²) in [4.78, 5) is 40.2. The summed E-state index contributed by atoms with van der Waals surface area (Å²) in [5.74, 6) is 1.00. The van der Waals surface area contributed by atoms with Crippen LogP contribution in [0, 0.1) is 6.92 Å². The molecule has 210 valence electrons. The molecule has 1 atom stereocenters. The van der Waals surface area contributed by atoms with Crippen molar-refractivity contribution >= 4 is 45.3 Å². The van der Waals surface area contributed by atoms with Gasteiger partial charge in [-0.3, -0.25) is 19.3 Å². The SMILES string of the molecule is Cc1nc(-c2cncs2)ccc1-c1cc2cnc(Nc3ccc(C4CCN(C)C4)cc3)nc2n(Cc2nccs2)c1=O. The molecule has 1 aliphatic rings. The Hall–Kier alpha value is -4.32. The minimum absolute atomic E-state index is 0.149. The van der Waals surface area contributed by atoms with E-state index in [9.17, 15) is 4.79 Å². The maximum Gasteiger partial charge on any atom is 0.260 e. The number of hydrogen-bond donors (Lipinski definition) is 1. The van der Waals surface area contributed by atoms with Crippen LogP contribution in [0.3, 0.4) is 0 Å². The van der Waals surface area contributed by atoms with Gasteiger partial charge in [-0.05, 0) is 62.7 Å². The molecule has 1 unspecified atom stereocenters. The lowest BCUT2D eigenvalue weighted by Gasteiger charge is -2.14. The average molecular weight is 593 g/mol. The summed E-state index contributed by atoms with van der Waals surface area (Å²) in [7, 11) is 2.17. The van der Waals surface area contributed by atoms with E-state index in [1.54, 1.807) is 28.7 Å². The van der Waals surface area contributed by atoms with Crippen molar-refractivity contribution in [1.29, 1.82) is 0 Å². The molecule has 0 saturated carbocycles. The van der Waals surface area contributed by atoms with Crippen LogP contribution in [0.2, 0.25) is 0 Å². The Bertz CT molecular complexity index is 1920. The molecule has 1 saturated heterocycles. The van der Waals surface area contributed by atoms with Crippen LogP contribution in [-0.4, -0.2) is 54.5 Å². The van der Waals surface area contributed by atoms with Gasteiger partial charge >= 0.3 is 0 Å². The number of nitrogens with one attached hydrogen (secondary N) is 1. The Labute approximate surface area is 250 Å². The Morgan fingerprint density at radius 3 is 2.62 bits per heavy atom. The fourth-order valence-electron chi connectivity index (χ4n) is 5.53. The van der Waals surface area contributed by atoms with Crippen LogP contribution in [0.1, 0.15) is 28.6 Å². The molecule has 1 N–H and O–H groups in total. The first-order chi connectivity index (χ1) is 20.5. The van der Waals surface area contributed by atoms with Crippen LogP contribution in [0.25, 0.3) is 32.7 Å². The summed E-state index contributed by atoms with van der Waals surface area (Å²) < 4.78 is 1.69. The van der Waals surface area contributed by atoms with Crippen molar-refractivity contribution < 1.29 is 0 Å². The number of rotatable bonds is 7. The number of nitrogens with zero attached hydrogens (tertiary/aromatic N) is 7. The predicted octanol–water partition coefficient (Wildman–Crippen LogP) is 5.95. The van der Waals surface area contributed by atoms with Gasteiger partial charge in [-0.15, -0.1) is 22.7 Å². The number of likely N-dealkylation sites (N-methyl/N-ethyl adjacent to an activating group) is 1. The number of pyridine rings is 2. The van der Waals surface area contributed by atoms with Crippen LogP contribution in [0.5, 0.6) is 0 Å². The molecule has 0 bridgehead atoms. The Kier molecular flexibility index (Phi) is 7.06. The lowest BCUT2D eigenvalue weighted by molar-refractivity contribution is 0.411. The van der Waals surface area contributed by atoms with E-state index >= 15 is 0 Å². The summed E-state index contributed by atoms with van der Waals surface area (Å²) >= 11 is 3.04. The maximum absolute atomic E-state index is 14.1. The van der Waals surface area contributed by atoms with Gasteiger partial charge in [0.25, 0.3) is 5.56 Å². The van der Waals surface area contributed by atoms with E-state index in [0.29, 0.717) is 29.6 Å². The third kappa shape index (κ3) is 5.22. The molecular formula is C31H28N8OS2. The minimum Gasteiger partial charge on any atom is -0.324 e. The van der Waals surface area contributed by atoms with Gasteiger partial charge in [-0.2, -0.15) is 4.98 Å². The smallest absolute Gasteiger partial charge is 0.260 e. The van der Waals surface area contributed by atoms with Crippen molar-refractivity contribution in [3.8, 4) is 21.7 Å². The van der Waals surface area contributed by atoms with Gasteiger partial charge in [0.2, 0.25) is 5.95 Å². The normalized spacial score (nSPS) is 15.4. The van der Waals surface area contributed by atoms with E-state index in [2.05, 4.69) is 56.5 Å². The van der Waals surface area contributed by atoms with Gasteiger partial charge in [-0.1, -0.05) is 18.2 Å². The molecule has 1 fully saturated rings. The highest BCUT2D eigenvalue weighted by atomic mass is 32.1. The summed E-state index contributed by atoms with van der Waals surface area (Å²) in [6, 6.07) is 14.2. The zero-order valence-electron chi connectivity index (χ0n) is 23.2. The molecule has 9 nitrogen and oxygen atoms in total. The number of thiazole rings is 2. The fourth-order valence-corrected chi connectivity index (χ4v) is 6.72. The second-order valence-electron chi connectivity index (χ2n) is 10.5. The second-order valence-corrected chi connectivity index (χ2v) is 12.4. The summed E-state index contributed by atoms with van der Waals surface area (Å²) in [5.41, 5.74) is 7.37. The lowest BCUT2D eigenvalue weighted by Crippen LogP contribution is -2.24. The number of likely N-dealkylation sites (tertiary alicyclic amines) is 1. The number of anilines is 2. The van der Waals surface area contributed by atoms with Gasteiger partial charge in [0.15, 0.2) is 0 Å². The van der Waals surface area contributed by atoms with Crippen molar-refractivity contribution in [3.63, 3.8) is 0 Å². The van der Waals surface area contributed by atoms with Gasteiger partial charge < -0.3 is 10.2 Å². The van der Waals surface area contributed by atoms with Crippen LogP contribution in [0.4, 0.5) is 11.6 Å². The monoisotopic (exact) mass is 592 g/mol. The van der Waals surface area contributed by atoms with Crippen LogP contribution in [0.15, 0.2) is 76.7 Å². The zero-order valence-corrected chi connectivity index (χ0v) is 24.8. The van der Waals surface area contributed by atoms with E-state index < -0.39 is 0 Å². The van der Waals surface area contributed by atoms with Gasteiger partial charge in [0.1, 0.15) is 10.7 Å². The molecule has 0 amide bonds. The van der Waals surface area contributed by atoms with Gasteiger partial charge in [-0.25, -0.2) is 9.97 Å². The Morgan fingerprint density at radius 2 is 1.90 bits per heavy atom. The van der Waals surface area contributed by atoms with E-state index in [1.807, 2.05) is 30.5 Å². The zero-order chi connectivity index (χ0) is 28.6. The van der Waals surface area contributed by atoms with E-state index in [0.717, 1.165) is 51.0 Å². The Morgan fingerprint density at radius 1 is 1.02 bits per heavy atom. The largest absolute Gasteiger partial charge is 0.324 e. The molecule has 5 aromatic heterocycles. The number of benzene rings is 1. The van der Waals surface area contributed by atoms with Gasteiger partial charge in [0, 0.05) is 58.4 Å². The highest BCUT2D eigenvalue weighted by Crippen LogP contribution is 2.29. The van der Waals surface area contributed by atoms with Crippen LogP contribution >= 0.6 is 22.7 Å². The first-order valence-corrected chi connectivity index (χ1v) is 15.5. The van der Waals surface area contributed by atoms with Gasteiger partial charge in [0.05, 0.1) is 22.6 Å². The third-order valence-corrected chi connectivity index (χ3v) is 9.25. The quantitative estimate of drug-likeness (QED) is 0.243. The average Bonchev–Trinajstić information content (AvgIpc) is 3.79. The first kappa shape index (κ1) is 26.6.